The molecule has 1 fully saturated rings. The van der Waals surface area contributed by atoms with Crippen LogP contribution in [0.4, 0.5) is 5.13 Å². The number of ether oxygens (including phenoxy) is 2. The third kappa shape index (κ3) is 5.48. The van der Waals surface area contributed by atoms with E-state index in [1.165, 1.54) is 11.3 Å². The Morgan fingerprint density at radius 2 is 2.07 bits per heavy atom. The van der Waals surface area contributed by atoms with Gasteiger partial charge in [0.2, 0.25) is 11.8 Å². The standard InChI is InChI=1S/C21H28N4O4S/c1-24(2)12-16-13-30-21(22-16)23-20(27)15-10-19(26)25(11-15)8-7-14-5-6-17(28-3)18(9-14)29-4/h5-6,9,13,15H,7-8,10-12H2,1-4H3,(H,22,23,27). The van der Waals surface area contributed by atoms with Crippen LogP contribution in [-0.2, 0) is 22.6 Å². The minimum absolute atomic E-state index is 0.00284. The second kappa shape index (κ2) is 9.90. The molecule has 1 atom stereocenters. The molecule has 8 nitrogen and oxygen atoms in total. The van der Waals surface area contributed by atoms with Gasteiger partial charge in [-0.15, -0.1) is 11.3 Å². The van der Waals surface area contributed by atoms with Crippen molar-refractivity contribution in [2.45, 2.75) is 19.4 Å². The minimum atomic E-state index is -0.357. The molecule has 2 amide bonds. The molecule has 1 saturated heterocycles. The second-order valence-corrected chi connectivity index (χ2v) is 8.41. The molecule has 1 N–H and O–H groups in total. The zero-order valence-electron chi connectivity index (χ0n) is 17.8. The van der Waals surface area contributed by atoms with Crippen molar-refractivity contribution in [3.8, 4) is 11.5 Å². The monoisotopic (exact) mass is 432 g/mol. The number of rotatable bonds is 9. The number of anilines is 1. The summed E-state index contributed by atoms with van der Waals surface area (Å²) in [4.78, 5) is 33.2. The van der Waals surface area contributed by atoms with Crippen molar-refractivity contribution < 1.29 is 19.1 Å². The maximum absolute atomic E-state index is 12.6. The van der Waals surface area contributed by atoms with Crippen LogP contribution >= 0.6 is 11.3 Å². The summed E-state index contributed by atoms with van der Waals surface area (Å²) in [6, 6.07) is 5.73. The molecule has 0 saturated carbocycles. The van der Waals surface area contributed by atoms with Gasteiger partial charge in [0.1, 0.15) is 0 Å². The predicted octanol–water partition coefficient (Wildman–Crippen LogP) is 2.25. The molecule has 3 rings (SSSR count). The number of thiazole rings is 1. The van der Waals surface area contributed by atoms with E-state index < -0.39 is 0 Å². The van der Waals surface area contributed by atoms with Crippen LogP contribution in [-0.4, -0.2) is 68.0 Å². The van der Waals surface area contributed by atoms with Crippen LogP contribution in [0.1, 0.15) is 17.7 Å². The third-order valence-electron chi connectivity index (χ3n) is 4.96. The highest BCUT2D eigenvalue weighted by molar-refractivity contribution is 7.13. The Kier molecular flexibility index (Phi) is 7.28. The van der Waals surface area contributed by atoms with Gasteiger partial charge in [-0.25, -0.2) is 4.98 Å². The highest BCUT2D eigenvalue weighted by Crippen LogP contribution is 2.28. The number of nitrogens with one attached hydrogen (secondary N) is 1. The lowest BCUT2D eigenvalue weighted by Gasteiger charge is -2.17. The molecule has 2 heterocycles. The molecular formula is C21H28N4O4S. The Bertz CT molecular complexity index is 899. The van der Waals surface area contributed by atoms with Crippen LogP contribution in [0, 0.1) is 5.92 Å². The number of carbonyl (C=O) groups is 2. The van der Waals surface area contributed by atoms with Crippen molar-refractivity contribution in [1.29, 1.82) is 0 Å². The van der Waals surface area contributed by atoms with E-state index in [0.717, 1.165) is 17.8 Å². The Balaban J connectivity index is 1.53. The number of hydrogen-bond donors (Lipinski definition) is 1. The Morgan fingerprint density at radius 1 is 1.30 bits per heavy atom. The summed E-state index contributed by atoms with van der Waals surface area (Å²) in [6.45, 7) is 1.70. The van der Waals surface area contributed by atoms with Crippen molar-refractivity contribution in [1.82, 2.24) is 14.8 Å². The minimum Gasteiger partial charge on any atom is -0.493 e. The molecule has 1 aromatic heterocycles. The van der Waals surface area contributed by atoms with E-state index in [9.17, 15) is 9.59 Å². The van der Waals surface area contributed by atoms with Crippen LogP contribution in [0.25, 0.3) is 0 Å². The first-order valence-corrected chi connectivity index (χ1v) is 10.7. The second-order valence-electron chi connectivity index (χ2n) is 7.55. The summed E-state index contributed by atoms with van der Waals surface area (Å²) in [5, 5.41) is 5.37. The SMILES string of the molecule is COc1ccc(CCN2CC(C(=O)Nc3nc(CN(C)C)cs3)CC2=O)cc1OC. The summed E-state index contributed by atoms with van der Waals surface area (Å²) in [5.74, 6) is 0.832. The number of benzene rings is 1. The molecule has 0 bridgehead atoms. The van der Waals surface area contributed by atoms with Crippen molar-refractivity contribution in [3.63, 3.8) is 0 Å². The van der Waals surface area contributed by atoms with Crippen molar-refractivity contribution in [2.24, 2.45) is 5.92 Å². The van der Waals surface area contributed by atoms with E-state index in [2.05, 4.69) is 10.3 Å². The van der Waals surface area contributed by atoms with E-state index >= 15 is 0 Å². The Labute approximate surface area is 180 Å². The highest BCUT2D eigenvalue weighted by atomic mass is 32.1. The molecule has 1 unspecified atom stereocenters. The molecule has 0 spiro atoms. The fourth-order valence-electron chi connectivity index (χ4n) is 3.43. The van der Waals surface area contributed by atoms with Gasteiger partial charge in [-0.2, -0.15) is 0 Å². The number of methoxy groups -OCH3 is 2. The molecular weight excluding hydrogens is 404 g/mol. The van der Waals surface area contributed by atoms with Crippen LogP contribution in [0.3, 0.4) is 0 Å². The van der Waals surface area contributed by atoms with Gasteiger partial charge in [-0.05, 0) is 38.2 Å². The van der Waals surface area contributed by atoms with Crippen molar-refractivity contribution in [3.05, 3.63) is 34.8 Å². The molecule has 1 aliphatic heterocycles. The largest absolute Gasteiger partial charge is 0.493 e. The summed E-state index contributed by atoms with van der Waals surface area (Å²) < 4.78 is 10.6. The zero-order chi connectivity index (χ0) is 21.7. The van der Waals surface area contributed by atoms with E-state index in [1.54, 1.807) is 19.1 Å². The third-order valence-corrected chi connectivity index (χ3v) is 5.77. The quantitative estimate of drug-likeness (QED) is 0.654. The lowest BCUT2D eigenvalue weighted by molar-refractivity contribution is -0.128. The normalized spacial score (nSPS) is 16.2. The zero-order valence-corrected chi connectivity index (χ0v) is 18.6. The van der Waals surface area contributed by atoms with Gasteiger partial charge < -0.3 is 24.6 Å². The van der Waals surface area contributed by atoms with Gasteiger partial charge in [0.25, 0.3) is 0 Å². The smallest absolute Gasteiger partial charge is 0.231 e. The van der Waals surface area contributed by atoms with Crippen LogP contribution in [0.2, 0.25) is 0 Å². The summed E-state index contributed by atoms with van der Waals surface area (Å²) >= 11 is 1.40. The maximum Gasteiger partial charge on any atom is 0.231 e. The number of hydrogen-bond acceptors (Lipinski definition) is 7. The molecule has 30 heavy (non-hydrogen) atoms. The van der Waals surface area contributed by atoms with E-state index in [1.807, 2.05) is 42.6 Å². The highest BCUT2D eigenvalue weighted by Gasteiger charge is 2.34. The number of likely N-dealkylation sites (tertiary alicyclic amines) is 1. The van der Waals surface area contributed by atoms with Gasteiger partial charge in [-0.3, -0.25) is 9.59 Å². The first-order valence-electron chi connectivity index (χ1n) is 9.78. The average molecular weight is 433 g/mol. The number of nitrogens with zero attached hydrogens (tertiary/aromatic N) is 3. The first-order chi connectivity index (χ1) is 14.4. The van der Waals surface area contributed by atoms with Gasteiger partial charge in [-0.1, -0.05) is 6.07 Å². The van der Waals surface area contributed by atoms with Crippen molar-refractivity contribution >= 4 is 28.3 Å². The summed E-state index contributed by atoms with van der Waals surface area (Å²) in [5.41, 5.74) is 1.96. The number of amides is 2. The van der Waals surface area contributed by atoms with Crippen LogP contribution in [0.5, 0.6) is 11.5 Å². The van der Waals surface area contributed by atoms with Crippen LogP contribution < -0.4 is 14.8 Å². The Hall–Kier alpha value is -2.65. The van der Waals surface area contributed by atoms with E-state index in [-0.39, 0.29) is 24.2 Å². The van der Waals surface area contributed by atoms with Crippen molar-refractivity contribution in [2.75, 3.05) is 46.7 Å². The molecule has 2 aromatic rings. The van der Waals surface area contributed by atoms with Gasteiger partial charge in [0.15, 0.2) is 16.6 Å². The lowest BCUT2D eigenvalue weighted by atomic mass is 10.1. The predicted molar refractivity (Wildman–Crippen MR) is 116 cm³/mol. The molecule has 0 radical (unpaired) electrons. The molecule has 1 aromatic carbocycles. The van der Waals surface area contributed by atoms with Crippen LogP contribution in [0.15, 0.2) is 23.6 Å². The fourth-order valence-corrected chi connectivity index (χ4v) is 4.14. The average Bonchev–Trinajstić information content (AvgIpc) is 3.31. The topological polar surface area (TPSA) is 84.0 Å². The van der Waals surface area contributed by atoms with E-state index in [4.69, 9.17) is 9.47 Å². The number of carbonyl (C=O) groups excluding carboxylic acids is 2. The van der Waals surface area contributed by atoms with E-state index in [0.29, 0.717) is 36.1 Å². The van der Waals surface area contributed by atoms with Gasteiger partial charge in [0.05, 0.1) is 25.8 Å². The lowest BCUT2D eigenvalue weighted by Crippen LogP contribution is -2.30. The number of aromatic nitrogens is 1. The molecule has 162 valence electrons. The fraction of sp³-hybridized carbons (Fsp3) is 0.476. The molecule has 1 aliphatic rings. The molecule has 0 aliphatic carbocycles. The Morgan fingerprint density at radius 3 is 2.77 bits per heavy atom. The summed E-state index contributed by atoms with van der Waals surface area (Å²) in [7, 11) is 7.14. The maximum atomic E-state index is 12.6. The first kappa shape index (κ1) is 22.0. The molecule has 9 heteroatoms. The van der Waals surface area contributed by atoms with Gasteiger partial charge >= 0.3 is 0 Å². The van der Waals surface area contributed by atoms with Gasteiger partial charge in [0, 0.05) is 31.4 Å². The summed E-state index contributed by atoms with van der Waals surface area (Å²) in [6.07, 6.45) is 0.911.